The Balaban J connectivity index is 2.21. The van der Waals surface area contributed by atoms with Gasteiger partial charge in [0.1, 0.15) is 0 Å². The topological polar surface area (TPSA) is 40.5 Å². The molecule has 1 heterocycles. The van der Waals surface area contributed by atoms with Crippen LogP contribution in [0.4, 0.5) is 0 Å². The van der Waals surface area contributed by atoms with E-state index < -0.39 is 6.10 Å². The van der Waals surface area contributed by atoms with Crippen LogP contribution in [0, 0.1) is 6.92 Å². The molecule has 1 aliphatic heterocycles. The van der Waals surface area contributed by atoms with E-state index in [0.29, 0.717) is 23.7 Å². The highest BCUT2D eigenvalue weighted by molar-refractivity contribution is 6.31. The lowest BCUT2D eigenvalue weighted by Crippen LogP contribution is -2.42. The molecule has 1 unspecified atom stereocenters. The molecule has 0 bridgehead atoms. The van der Waals surface area contributed by atoms with Crippen molar-refractivity contribution in [1.82, 2.24) is 4.90 Å². The van der Waals surface area contributed by atoms with Crippen molar-refractivity contribution < 1.29 is 9.90 Å². The Kier molecular flexibility index (Phi) is 3.69. The lowest BCUT2D eigenvalue weighted by molar-refractivity contribution is 0.0473. The van der Waals surface area contributed by atoms with Gasteiger partial charge in [-0.25, -0.2) is 0 Å². The van der Waals surface area contributed by atoms with Crippen molar-refractivity contribution in [1.29, 1.82) is 0 Å². The first-order valence-electron chi connectivity index (χ1n) is 5.81. The quantitative estimate of drug-likeness (QED) is 0.834. The highest BCUT2D eigenvalue weighted by Gasteiger charge is 2.23. The molecule has 1 N–H and O–H groups in total. The van der Waals surface area contributed by atoms with E-state index in [9.17, 15) is 9.90 Å². The zero-order chi connectivity index (χ0) is 12.4. The molecule has 1 atom stereocenters. The first-order valence-corrected chi connectivity index (χ1v) is 6.19. The van der Waals surface area contributed by atoms with Gasteiger partial charge in [0.15, 0.2) is 0 Å². The number of β-amino-alcohol motifs (C(OH)–C–C–N with tert-alkyl or cyclic N) is 1. The zero-order valence-electron chi connectivity index (χ0n) is 9.82. The summed E-state index contributed by atoms with van der Waals surface area (Å²) in [4.78, 5) is 14.0. The Hall–Kier alpha value is -1.06. The second-order valence-electron chi connectivity index (χ2n) is 4.51. The van der Waals surface area contributed by atoms with Crippen molar-refractivity contribution in [2.45, 2.75) is 25.9 Å². The minimum absolute atomic E-state index is 0.0382. The Bertz CT molecular complexity index is 433. The Labute approximate surface area is 106 Å². The van der Waals surface area contributed by atoms with Crippen LogP contribution in [0.1, 0.15) is 28.8 Å². The first kappa shape index (κ1) is 12.4. The van der Waals surface area contributed by atoms with E-state index in [-0.39, 0.29) is 5.91 Å². The first-order chi connectivity index (χ1) is 8.08. The van der Waals surface area contributed by atoms with Crippen LogP contribution in [-0.2, 0) is 0 Å². The Morgan fingerprint density at radius 3 is 3.00 bits per heavy atom. The van der Waals surface area contributed by atoms with Gasteiger partial charge in [-0.3, -0.25) is 4.79 Å². The van der Waals surface area contributed by atoms with Crippen molar-refractivity contribution in [2.75, 3.05) is 13.1 Å². The zero-order valence-corrected chi connectivity index (χ0v) is 10.6. The van der Waals surface area contributed by atoms with Crippen LogP contribution in [0.3, 0.4) is 0 Å². The summed E-state index contributed by atoms with van der Waals surface area (Å²) < 4.78 is 0. The van der Waals surface area contributed by atoms with Crippen LogP contribution in [0.2, 0.25) is 5.02 Å². The summed E-state index contributed by atoms with van der Waals surface area (Å²) in [5, 5.41) is 10.1. The average molecular weight is 254 g/mol. The maximum absolute atomic E-state index is 12.3. The number of likely N-dealkylation sites (tertiary alicyclic amines) is 1. The second kappa shape index (κ2) is 5.07. The molecule has 0 radical (unpaired) electrons. The molecule has 92 valence electrons. The molecule has 1 fully saturated rings. The Morgan fingerprint density at radius 2 is 2.29 bits per heavy atom. The molecule has 0 spiro atoms. The van der Waals surface area contributed by atoms with Gasteiger partial charge < -0.3 is 10.0 Å². The van der Waals surface area contributed by atoms with Crippen LogP contribution in [-0.4, -0.2) is 35.1 Å². The SMILES string of the molecule is Cc1ccc(Cl)cc1C(=O)N1CCCC(O)C1. The van der Waals surface area contributed by atoms with Crippen LogP contribution in [0.5, 0.6) is 0 Å². The summed E-state index contributed by atoms with van der Waals surface area (Å²) in [6.07, 6.45) is 1.23. The molecule has 0 saturated carbocycles. The maximum atomic E-state index is 12.3. The summed E-state index contributed by atoms with van der Waals surface area (Å²) in [5.74, 6) is -0.0382. The second-order valence-corrected chi connectivity index (χ2v) is 4.94. The fraction of sp³-hybridized carbons (Fsp3) is 0.462. The average Bonchev–Trinajstić information content (AvgIpc) is 2.31. The maximum Gasteiger partial charge on any atom is 0.254 e. The molecule has 1 aliphatic rings. The molecule has 0 aromatic heterocycles. The number of aryl methyl sites for hydroxylation is 1. The number of aliphatic hydroxyl groups is 1. The van der Waals surface area contributed by atoms with E-state index in [0.717, 1.165) is 18.4 Å². The number of amides is 1. The highest BCUT2D eigenvalue weighted by atomic mass is 35.5. The van der Waals surface area contributed by atoms with E-state index in [4.69, 9.17) is 11.6 Å². The molecule has 1 aromatic rings. The van der Waals surface area contributed by atoms with Crippen molar-refractivity contribution in [3.63, 3.8) is 0 Å². The third-order valence-electron chi connectivity index (χ3n) is 3.11. The molecule has 4 heteroatoms. The minimum Gasteiger partial charge on any atom is -0.391 e. The normalized spacial score (nSPS) is 20.4. The number of rotatable bonds is 1. The van der Waals surface area contributed by atoms with Gasteiger partial charge in [-0.2, -0.15) is 0 Å². The number of aliphatic hydroxyl groups excluding tert-OH is 1. The number of piperidine rings is 1. The fourth-order valence-electron chi connectivity index (χ4n) is 2.13. The summed E-state index contributed by atoms with van der Waals surface area (Å²) in [7, 11) is 0. The van der Waals surface area contributed by atoms with Gasteiger partial charge in [-0.1, -0.05) is 17.7 Å². The number of hydrogen-bond acceptors (Lipinski definition) is 2. The third-order valence-corrected chi connectivity index (χ3v) is 3.35. The van der Waals surface area contributed by atoms with Gasteiger partial charge in [0.25, 0.3) is 5.91 Å². The van der Waals surface area contributed by atoms with Crippen LogP contribution in [0.25, 0.3) is 0 Å². The molecule has 0 aliphatic carbocycles. The number of carbonyl (C=O) groups is 1. The van der Waals surface area contributed by atoms with Gasteiger partial charge in [-0.05, 0) is 37.5 Å². The lowest BCUT2D eigenvalue weighted by atomic mass is 10.0. The van der Waals surface area contributed by atoms with Crippen molar-refractivity contribution in [2.24, 2.45) is 0 Å². The van der Waals surface area contributed by atoms with E-state index in [2.05, 4.69) is 0 Å². The third kappa shape index (κ3) is 2.79. The van der Waals surface area contributed by atoms with E-state index >= 15 is 0 Å². The molecule has 17 heavy (non-hydrogen) atoms. The van der Waals surface area contributed by atoms with Gasteiger partial charge in [0.05, 0.1) is 6.10 Å². The summed E-state index contributed by atoms with van der Waals surface area (Å²) in [6.45, 7) is 3.02. The molecule has 1 saturated heterocycles. The van der Waals surface area contributed by atoms with Crippen molar-refractivity contribution in [3.8, 4) is 0 Å². The van der Waals surface area contributed by atoms with Crippen LogP contribution >= 0.6 is 11.6 Å². The molecular weight excluding hydrogens is 238 g/mol. The number of nitrogens with zero attached hydrogens (tertiary/aromatic N) is 1. The molecule has 3 nitrogen and oxygen atoms in total. The molecule has 1 amide bonds. The van der Waals surface area contributed by atoms with E-state index in [1.165, 1.54) is 0 Å². The molecule has 2 rings (SSSR count). The fourth-order valence-corrected chi connectivity index (χ4v) is 2.31. The number of hydrogen-bond donors (Lipinski definition) is 1. The summed E-state index contributed by atoms with van der Waals surface area (Å²) >= 11 is 5.91. The number of benzene rings is 1. The van der Waals surface area contributed by atoms with Crippen LogP contribution < -0.4 is 0 Å². The van der Waals surface area contributed by atoms with Crippen molar-refractivity contribution >= 4 is 17.5 Å². The van der Waals surface area contributed by atoms with Crippen molar-refractivity contribution in [3.05, 3.63) is 34.3 Å². The standard InChI is InChI=1S/C13H16ClNO2/c1-9-4-5-10(14)7-12(9)13(17)15-6-2-3-11(16)8-15/h4-5,7,11,16H,2-3,6,8H2,1H3. The molecule has 1 aromatic carbocycles. The number of carbonyl (C=O) groups excluding carboxylic acids is 1. The monoisotopic (exact) mass is 253 g/mol. The highest BCUT2D eigenvalue weighted by Crippen LogP contribution is 2.19. The largest absolute Gasteiger partial charge is 0.391 e. The van der Waals surface area contributed by atoms with Gasteiger partial charge in [0, 0.05) is 23.7 Å². The predicted molar refractivity (Wildman–Crippen MR) is 67.3 cm³/mol. The lowest BCUT2D eigenvalue weighted by Gasteiger charge is -2.30. The van der Waals surface area contributed by atoms with Gasteiger partial charge in [-0.15, -0.1) is 0 Å². The summed E-state index contributed by atoms with van der Waals surface area (Å²) in [5.41, 5.74) is 1.55. The predicted octanol–water partition coefficient (Wildman–Crippen LogP) is 2.25. The molecular formula is C13H16ClNO2. The number of halogens is 1. The smallest absolute Gasteiger partial charge is 0.254 e. The Morgan fingerprint density at radius 1 is 1.53 bits per heavy atom. The van der Waals surface area contributed by atoms with E-state index in [1.807, 2.05) is 13.0 Å². The minimum atomic E-state index is -0.396. The summed E-state index contributed by atoms with van der Waals surface area (Å²) in [6, 6.07) is 5.31. The van der Waals surface area contributed by atoms with Gasteiger partial charge in [0.2, 0.25) is 0 Å². The van der Waals surface area contributed by atoms with E-state index in [1.54, 1.807) is 17.0 Å². The van der Waals surface area contributed by atoms with Gasteiger partial charge >= 0.3 is 0 Å². The van der Waals surface area contributed by atoms with Crippen LogP contribution in [0.15, 0.2) is 18.2 Å².